The molecule has 19 heavy (non-hydrogen) atoms. The zero-order valence-corrected chi connectivity index (χ0v) is 10.8. The SMILES string of the molecule is O=C(NCCCO)c1ccc(N2CCCC2=O)cc1. The topological polar surface area (TPSA) is 69.6 Å². The van der Waals surface area contributed by atoms with Crippen molar-refractivity contribution in [2.24, 2.45) is 0 Å². The Morgan fingerprint density at radius 3 is 2.63 bits per heavy atom. The molecular formula is C14H18N2O3. The van der Waals surface area contributed by atoms with Gasteiger partial charge in [-0.15, -0.1) is 0 Å². The number of hydrogen-bond acceptors (Lipinski definition) is 3. The van der Waals surface area contributed by atoms with Crippen LogP contribution < -0.4 is 10.2 Å². The highest BCUT2D eigenvalue weighted by atomic mass is 16.3. The van der Waals surface area contributed by atoms with Gasteiger partial charge in [0.05, 0.1) is 0 Å². The summed E-state index contributed by atoms with van der Waals surface area (Å²) in [4.78, 5) is 25.1. The predicted octanol–water partition coefficient (Wildman–Crippen LogP) is 0.926. The molecule has 0 spiro atoms. The highest BCUT2D eigenvalue weighted by Gasteiger charge is 2.21. The van der Waals surface area contributed by atoms with Crippen LogP contribution in [0.3, 0.4) is 0 Å². The lowest BCUT2D eigenvalue weighted by Crippen LogP contribution is -2.26. The maximum Gasteiger partial charge on any atom is 0.251 e. The lowest BCUT2D eigenvalue weighted by atomic mass is 10.2. The van der Waals surface area contributed by atoms with Crippen molar-refractivity contribution in [2.45, 2.75) is 19.3 Å². The minimum atomic E-state index is -0.159. The Labute approximate surface area is 112 Å². The molecule has 1 fully saturated rings. The summed E-state index contributed by atoms with van der Waals surface area (Å²) in [6.45, 7) is 1.28. The molecule has 1 aliphatic rings. The van der Waals surface area contributed by atoms with E-state index >= 15 is 0 Å². The van der Waals surface area contributed by atoms with Crippen molar-refractivity contribution in [2.75, 3.05) is 24.6 Å². The smallest absolute Gasteiger partial charge is 0.251 e. The van der Waals surface area contributed by atoms with E-state index in [-0.39, 0.29) is 18.4 Å². The maximum absolute atomic E-state index is 11.7. The van der Waals surface area contributed by atoms with Gasteiger partial charge in [0.15, 0.2) is 0 Å². The molecule has 2 rings (SSSR count). The summed E-state index contributed by atoms with van der Waals surface area (Å²) in [5.41, 5.74) is 1.41. The first kappa shape index (κ1) is 13.5. The van der Waals surface area contributed by atoms with Gasteiger partial charge in [0.2, 0.25) is 5.91 Å². The van der Waals surface area contributed by atoms with E-state index in [0.717, 1.165) is 18.7 Å². The second-order valence-corrected chi connectivity index (χ2v) is 4.53. The number of nitrogens with one attached hydrogen (secondary N) is 1. The summed E-state index contributed by atoms with van der Waals surface area (Å²) < 4.78 is 0. The summed E-state index contributed by atoms with van der Waals surface area (Å²) in [5, 5.41) is 11.4. The van der Waals surface area contributed by atoms with Gasteiger partial charge in [-0.2, -0.15) is 0 Å². The number of benzene rings is 1. The monoisotopic (exact) mass is 262 g/mol. The standard InChI is InChI=1S/C14H18N2O3/c17-10-2-8-15-14(19)11-4-6-12(7-5-11)16-9-1-3-13(16)18/h4-7,17H,1-3,8-10H2,(H,15,19). The second-order valence-electron chi connectivity index (χ2n) is 4.53. The third-order valence-corrected chi connectivity index (χ3v) is 3.14. The van der Waals surface area contributed by atoms with Gasteiger partial charge >= 0.3 is 0 Å². The van der Waals surface area contributed by atoms with E-state index in [9.17, 15) is 9.59 Å². The third-order valence-electron chi connectivity index (χ3n) is 3.14. The van der Waals surface area contributed by atoms with Gasteiger partial charge in [0.1, 0.15) is 0 Å². The van der Waals surface area contributed by atoms with Crippen molar-refractivity contribution in [1.82, 2.24) is 5.32 Å². The van der Waals surface area contributed by atoms with Gasteiger partial charge in [-0.1, -0.05) is 0 Å². The molecule has 102 valence electrons. The van der Waals surface area contributed by atoms with Crippen molar-refractivity contribution in [1.29, 1.82) is 0 Å². The minimum absolute atomic E-state index is 0.0658. The molecule has 1 heterocycles. The molecule has 0 bridgehead atoms. The number of hydrogen-bond donors (Lipinski definition) is 2. The summed E-state index contributed by atoms with van der Waals surface area (Å²) in [6, 6.07) is 7.03. The summed E-state index contributed by atoms with van der Waals surface area (Å²) >= 11 is 0. The molecule has 5 nitrogen and oxygen atoms in total. The van der Waals surface area contributed by atoms with E-state index in [0.29, 0.717) is 24.9 Å². The number of carbonyl (C=O) groups excluding carboxylic acids is 2. The van der Waals surface area contributed by atoms with Crippen molar-refractivity contribution in [3.8, 4) is 0 Å². The molecule has 2 amide bonds. The van der Waals surface area contributed by atoms with E-state index < -0.39 is 0 Å². The van der Waals surface area contributed by atoms with Gasteiger partial charge < -0.3 is 15.3 Å². The fourth-order valence-electron chi connectivity index (χ4n) is 2.10. The van der Waals surface area contributed by atoms with Gasteiger partial charge in [-0.05, 0) is 37.1 Å². The van der Waals surface area contributed by atoms with Gasteiger partial charge in [-0.3, -0.25) is 9.59 Å². The zero-order valence-electron chi connectivity index (χ0n) is 10.8. The zero-order chi connectivity index (χ0) is 13.7. The van der Waals surface area contributed by atoms with Crippen LogP contribution >= 0.6 is 0 Å². The van der Waals surface area contributed by atoms with Crippen molar-refractivity contribution >= 4 is 17.5 Å². The molecule has 1 aromatic rings. The van der Waals surface area contributed by atoms with E-state index in [4.69, 9.17) is 5.11 Å². The number of rotatable bonds is 5. The van der Waals surface area contributed by atoms with Crippen LogP contribution in [0.4, 0.5) is 5.69 Å². The number of carbonyl (C=O) groups is 2. The first-order valence-corrected chi connectivity index (χ1v) is 6.52. The molecule has 0 aliphatic carbocycles. The average molecular weight is 262 g/mol. The van der Waals surface area contributed by atoms with Crippen LogP contribution in [-0.2, 0) is 4.79 Å². The Morgan fingerprint density at radius 1 is 1.32 bits per heavy atom. The van der Waals surface area contributed by atoms with E-state index in [1.165, 1.54) is 0 Å². The Kier molecular flexibility index (Phi) is 4.52. The summed E-state index contributed by atoms with van der Waals surface area (Å²) in [7, 11) is 0. The van der Waals surface area contributed by atoms with Crippen molar-refractivity contribution in [3.05, 3.63) is 29.8 Å². The van der Waals surface area contributed by atoms with E-state index in [1.807, 2.05) is 0 Å². The van der Waals surface area contributed by atoms with Crippen molar-refractivity contribution in [3.63, 3.8) is 0 Å². The number of anilines is 1. The number of aliphatic hydroxyl groups excluding tert-OH is 1. The third kappa shape index (κ3) is 3.32. The molecule has 0 radical (unpaired) electrons. The van der Waals surface area contributed by atoms with Gasteiger partial charge in [-0.25, -0.2) is 0 Å². The average Bonchev–Trinajstić information content (AvgIpc) is 2.85. The molecule has 0 atom stereocenters. The van der Waals surface area contributed by atoms with Crippen LogP contribution in [-0.4, -0.2) is 36.6 Å². The quantitative estimate of drug-likeness (QED) is 0.775. The molecule has 1 saturated heterocycles. The number of nitrogens with zero attached hydrogens (tertiary/aromatic N) is 1. The first-order valence-electron chi connectivity index (χ1n) is 6.52. The molecule has 0 aromatic heterocycles. The molecule has 0 saturated carbocycles. The van der Waals surface area contributed by atoms with Crippen LogP contribution in [0, 0.1) is 0 Å². The molecule has 1 aliphatic heterocycles. The fourth-order valence-corrected chi connectivity index (χ4v) is 2.10. The van der Waals surface area contributed by atoms with Crippen LogP contribution in [0.5, 0.6) is 0 Å². The molecule has 1 aromatic carbocycles. The van der Waals surface area contributed by atoms with Gasteiger partial charge in [0, 0.05) is 37.4 Å². The lowest BCUT2D eigenvalue weighted by molar-refractivity contribution is -0.117. The maximum atomic E-state index is 11.7. The fraction of sp³-hybridized carbons (Fsp3) is 0.429. The van der Waals surface area contributed by atoms with Crippen molar-refractivity contribution < 1.29 is 14.7 Å². The second kappa shape index (κ2) is 6.33. The predicted molar refractivity (Wildman–Crippen MR) is 72.1 cm³/mol. The minimum Gasteiger partial charge on any atom is -0.396 e. The molecule has 2 N–H and O–H groups in total. The number of amides is 2. The van der Waals surface area contributed by atoms with Crippen LogP contribution in [0.15, 0.2) is 24.3 Å². The Bertz CT molecular complexity index is 456. The van der Waals surface area contributed by atoms with Crippen LogP contribution in [0.2, 0.25) is 0 Å². The molecule has 5 heteroatoms. The van der Waals surface area contributed by atoms with Crippen LogP contribution in [0.1, 0.15) is 29.6 Å². The van der Waals surface area contributed by atoms with Gasteiger partial charge in [0.25, 0.3) is 5.91 Å². The number of aliphatic hydroxyl groups is 1. The molecular weight excluding hydrogens is 244 g/mol. The Morgan fingerprint density at radius 2 is 2.05 bits per heavy atom. The van der Waals surface area contributed by atoms with E-state index in [1.54, 1.807) is 29.2 Å². The largest absolute Gasteiger partial charge is 0.396 e. The highest BCUT2D eigenvalue weighted by molar-refractivity contribution is 5.97. The highest BCUT2D eigenvalue weighted by Crippen LogP contribution is 2.21. The van der Waals surface area contributed by atoms with Crippen LogP contribution in [0.25, 0.3) is 0 Å². The Hall–Kier alpha value is -1.88. The molecule has 0 unspecified atom stereocenters. The summed E-state index contributed by atoms with van der Waals surface area (Å²) in [5.74, 6) is -0.0205. The summed E-state index contributed by atoms with van der Waals surface area (Å²) in [6.07, 6.45) is 2.04. The normalized spacial score (nSPS) is 14.8. The Balaban J connectivity index is 1.98. The first-order chi connectivity index (χ1) is 9.22. The lowest BCUT2D eigenvalue weighted by Gasteiger charge is -2.15. The van der Waals surface area contributed by atoms with E-state index in [2.05, 4.69) is 5.32 Å².